The standard InChI is InChI=1S/C21H19N3O2/c1-24-14-19(17-8-5-16(13-22)6-9-17)23-21(24)18-10-3-15(4-11-18)7-12-20(25)26-2/h3-6,8-11,14H,7,12H2,1-2H3. The van der Waals surface area contributed by atoms with Crippen LogP contribution in [0.5, 0.6) is 0 Å². The molecule has 0 bridgehead atoms. The minimum Gasteiger partial charge on any atom is -0.469 e. The van der Waals surface area contributed by atoms with E-state index >= 15 is 0 Å². The zero-order valence-electron chi connectivity index (χ0n) is 14.8. The fourth-order valence-corrected chi connectivity index (χ4v) is 2.76. The van der Waals surface area contributed by atoms with Crippen molar-refractivity contribution in [2.45, 2.75) is 12.8 Å². The maximum atomic E-state index is 11.2. The smallest absolute Gasteiger partial charge is 0.305 e. The Hall–Kier alpha value is -3.39. The molecule has 0 atom stereocenters. The van der Waals surface area contributed by atoms with E-state index in [4.69, 9.17) is 10.2 Å². The molecule has 5 nitrogen and oxygen atoms in total. The predicted molar refractivity (Wildman–Crippen MR) is 99.1 cm³/mol. The highest BCUT2D eigenvalue weighted by Gasteiger charge is 2.10. The minimum absolute atomic E-state index is 0.203. The van der Waals surface area contributed by atoms with Crippen LogP contribution in [0.2, 0.25) is 0 Å². The van der Waals surface area contributed by atoms with Crippen LogP contribution < -0.4 is 0 Å². The van der Waals surface area contributed by atoms with Crippen molar-refractivity contribution < 1.29 is 9.53 Å². The Kier molecular flexibility index (Phi) is 5.14. The minimum atomic E-state index is -0.203. The number of aromatic nitrogens is 2. The molecule has 0 unspecified atom stereocenters. The van der Waals surface area contributed by atoms with E-state index in [2.05, 4.69) is 10.8 Å². The molecule has 0 spiro atoms. The van der Waals surface area contributed by atoms with Crippen LogP contribution in [0.3, 0.4) is 0 Å². The van der Waals surface area contributed by atoms with Gasteiger partial charge in [-0.05, 0) is 24.1 Å². The third kappa shape index (κ3) is 3.81. The van der Waals surface area contributed by atoms with Crippen LogP contribution >= 0.6 is 0 Å². The summed E-state index contributed by atoms with van der Waals surface area (Å²) in [5.74, 6) is 0.661. The Bertz CT molecular complexity index is 948. The quantitative estimate of drug-likeness (QED) is 0.661. The van der Waals surface area contributed by atoms with Crippen LogP contribution in [0, 0.1) is 11.3 Å². The van der Waals surface area contributed by atoms with Crippen molar-refractivity contribution in [2.24, 2.45) is 7.05 Å². The van der Waals surface area contributed by atoms with Gasteiger partial charge < -0.3 is 9.30 Å². The summed E-state index contributed by atoms with van der Waals surface area (Å²) in [6, 6.07) is 17.5. The molecule has 0 radical (unpaired) electrons. The number of rotatable bonds is 5. The van der Waals surface area contributed by atoms with Gasteiger partial charge in [0.25, 0.3) is 0 Å². The summed E-state index contributed by atoms with van der Waals surface area (Å²) >= 11 is 0. The van der Waals surface area contributed by atoms with Gasteiger partial charge in [-0.3, -0.25) is 4.79 Å². The Labute approximate surface area is 152 Å². The first-order chi connectivity index (χ1) is 12.6. The number of methoxy groups -OCH3 is 1. The largest absolute Gasteiger partial charge is 0.469 e. The maximum Gasteiger partial charge on any atom is 0.305 e. The first-order valence-corrected chi connectivity index (χ1v) is 8.30. The fraction of sp³-hybridized carbons (Fsp3) is 0.190. The molecule has 2 aromatic carbocycles. The predicted octanol–water partition coefficient (Wildman–Crippen LogP) is 3.73. The van der Waals surface area contributed by atoms with Crippen LogP contribution in [0.25, 0.3) is 22.6 Å². The van der Waals surface area contributed by atoms with Crippen LogP contribution in [0.1, 0.15) is 17.5 Å². The van der Waals surface area contributed by atoms with Crippen molar-refractivity contribution >= 4 is 5.97 Å². The van der Waals surface area contributed by atoms with Crippen LogP contribution in [-0.2, 0) is 23.0 Å². The van der Waals surface area contributed by atoms with E-state index in [-0.39, 0.29) is 5.97 Å². The van der Waals surface area contributed by atoms with Crippen LogP contribution in [0.4, 0.5) is 0 Å². The molecule has 0 fully saturated rings. The second-order valence-electron chi connectivity index (χ2n) is 6.02. The van der Waals surface area contributed by atoms with Crippen LogP contribution in [0.15, 0.2) is 54.7 Å². The second-order valence-corrected chi connectivity index (χ2v) is 6.02. The summed E-state index contributed by atoms with van der Waals surface area (Å²) in [6.45, 7) is 0. The van der Waals surface area contributed by atoms with Gasteiger partial charge in [-0.1, -0.05) is 36.4 Å². The SMILES string of the molecule is COC(=O)CCc1ccc(-c2nc(-c3ccc(C#N)cc3)cn2C)cc1. The average molecular weight is 345 g/mol. The average Bonchev–Trinajstić information content (AvgIpc) is 3.08. The number of hydrogen-bond acceptors (Lipinski definition) is 4. The van der Waals surface area contributed by atoms with E-state index in [9.17, 15) is 4.79 Å². The summed E-state index contributed by atoms with van der Waals surface area (Å²) in [4.78, 5) is 16.0. The van der Waals surface area contributed by atoms with Gasteiger partial charge in [0.2, 0.25) is 0 Å². The van der Waals surface area contributed by atoms with Gasteiger partial charge in [-0.25, -0.2) is 4.98 Å². The number of benzene rings is 2. The highest BCUT2D eigenvalue weighted by atomic mass is 16.5. The summed E-state index contributed by atoms with van der Waals surface area (Å²) in [6.07, 6.45) is 3.01. The van der Waals surface area contributed by atoms with Crippen molar-refractivity contribution in [2.75, 3.05) is 7.11 Å². The van der Waals surface area contributed by atoms with E-state index in [1.807, 2.05) is 54.2 Å². The lowest BCUT2D eigenvalue weighted by atomic mass is 10.1. The van der Waals surface area contributed by atoms with Crippen molar-refractivity contribution in [3.8, 4) is 28.7 Å². The second kappa shape index (κ2) is 7.66. The Morgan fingerprint density at radius 2 is 1.77 bits per heavy atom. The molecule has 0 saturated carbocycles. The normalized spacial score (nSPS) is 10.3. The molecule has 0 amide bonds. The van der Waals surface area contributed by atoms with Gasteiger partial charge >= 0.3 is 5.97 Å². The van der Waals surface area contributed by atoms with Gasteiger partial charge in [0.1, 0.15) is 5.82 Å². The maximum absolute atomic E-state index is 11.2. The molecule has 1 aromatic heterocycles. The summed E-state index contributed by atoms with van der Waals surface area (Å²) < 4.78 is 6.65. The highest BCUT2D eigenvalue weighted by molar-refractivity contribution is 5.69. The molecule has 26 heavy (non-hydrogen) atoms. The zero-order chi connectivity index (χ0) is 18.5. The lowest BCUT2D eigenvalue weighted by Crippen LogP contribution is -2.01. The molecule has 0 aliphatic heterocycles. The third-order valence-electron chi connectivity index (χ3n) is 4.24. The molecule has 0 aliphatic carbocycles. The summed E-state index contributed by atoms with van der Waals surface area (Å²) in [7, 11) is 3.36. The number of carbonyl (C=O) groups is 1. The van der Waals surface area contributed by atoms with E-state index in [0.717, 1.165) is 28.2 Å². The number of aryl methyl sites for hydroxylation is 2. The van der Waals surface area contributed by atoms with Crippen LogP contribution in [-0.4, -0.2) is 22.6 Å². The van der Waals surface area contributed by atoms with E-state index < -0.39 is 0 Å². The topological polar surface area (TPSA) is 67.9 Å². The fourth-order valence-electron chi connectivity index (χ4n) is 2.76. The highest BCUT2D eigenvalue weighted by Crippen LogP contribution is 2.25. The molecule has 0 aliphatic rings. The number of imidazole rings is 1. The lowest BCUT2D eigenvalue weighted by Gasteiger charge is -2.04. The zero-order valence-corrected chi connectivity index (χ0v) is 14.8. The van der Waals surface area contributed by atoms with Gasteiger partial charge in [0.15, 0.2) is 0 Å². The first-order valence-electron chi connectivity index (χ1n) is 8.30. The molecule has 1 heterocycles. The molecule has 130 valence electrons. The number of hydrogen-bond donors (Lipinski definition) is 0. The molecule has 3 rings (SSSR count). The monoisotopic (exact) mass is 345 g/mol. The number of nitriles is 1. The number of carbonyl (C=O) groups excluding carboxylic acids is 1. The molecular formula is C21H19N3O2. The van der Waals surface area contributed by atoms with Gasteiger partial charge in [0, 0.05) is 30.8 Å². The van der Waals surface area contributed by atoms with Gasteiger partial charge in [-0.15, -0.1) is 0 Å². The van der Waals surface area contributed by atoms with Gasteiger partial charge in [0.05, 0.1) is 24.4 Å². The molecule has 3 aromatic rings. The Morgan fingerprint density at radius 1 is 1.12 bits per heavy atom. The van der Waals surface area contributed by atoms with Gasteiger partial charge in [-0.2, -0.15) is 5.26 Å². The molecule has 5 heteroatoms. The first kappa shape index (κ1) is 17.4. The van der Waals surface area contributed by atoms with Crippen molar-refractivity contribution in [3.05, 3.63) is 65.9 Å². The summed E-state index contributed by atoms with van der Waals surface area (Å²) in [5.41, 5.74) is 4.56. The Balaban J connectivity index is 1.80. The van der Waals surface area contributed by atoms with Crippen molar-refractivity contribution in [3.63, 3.8) is 0 Å². The number of esters is 1. The van der Waals surface area contributed by atoms with E-state index in [0.29, 0.717) is 18.4 Å². The van der Waals surface area contributed by atoms with E-state index in [1.54, 1.807) is 12.1 Å². The van der Waals surface area contributed by atoms with Crippen molar-refractivity contribution in [1.82, 2.24) is 9.55 Å². The number of ether oxygens (including phenoxy) is 1. The third-order valence-corrected chi connectivity index (χ3v) is 4.24. The Morgan fingerprint density at radius 3 is 2.38 bits per heavy atom. The summed E-state index contributed by atoms with van der Waals surface area (Å²) in [5, 5.41) is 8.91. The molecule has 0 saturated heterocycles. The molecular weight excluding hydrogens is 326 g/mol. The lowest BCUT2D eigenvalue weighted by molar-refractivity contribution is -0.140. The number of nitrogens with zero attached hydrogens (tertiary/aromatic N) is 3. The van der Waals surface area contributed by atoms with Crippen molar-refractivity contribution in [1.29, 1.82) is 5.26 Å². The van der Waals surface area contributed by atoms with E-state index in [1.165, 1.54) is 7.11 Å². The molecule has 0 N–H and O–H groups in total.